The molecule has 3 N–H and O–H groups in total. The molecule has 1 heterocycles. The van der Waals surface area contributed by atoms with Gasteiger partial charge in [-0.1, -0.05) is 0 Å². The first kappa shape index (κ1) is 12.8. The molecule has 90 valence electrons. The molecule has 0 saturated heterocycles. The van der Waals surface area contributed by atoms with E-state index in [0.29, 0.717) is 11.7 Å². The quantitative estimate of drug-likeness (QED) is 0.721. The van der Waals surface area contributed by atoms with Crippen LogP contribution in [0, 0.1) is 0 Å². The number of hydrogen-bond acceptors (Lipinski definition) is 4. The molecular formula is C12H22N4. The Bertz CT molecular complexity index is 312. The number of hydrogen-bond donors (Lipinski definition) is 2. The summed E-state index contributed by atoms with van der Waals surface area (Å²) >= 11 is 0. The monoisotopic (exact) mass is 222 g/mol. The summed E-state index contributed by atoms with van der Waals surface area (Å²) in [5.74, 6) is 0. The SMILES string of the molecule is CC(C)N(C)CCCNc1cncc(N)c1. The van der Waals surface area contributed by atoms with Crippen LogP contribution in [0.15, 0.2) is 18.5 Å². The molecule has 0 aromatic carbocycles. The standard InChI is InChI=1S/C12H22N4/c1-10(2)16(3)6-4-5-15-12-7-11(13)8-14-9-12/h7-10,15H,4-6,13H2,1-3H3. The smallest absolute Gasteiger partial charge is 0.0547 e. The molecule has 1 rings (SSSR count). The van der Waals surface area contributed by atoms with Crippen molar-refractivity contribution < 1.29 is 0 Å². The Morgan fingerprint density at radius 1 is 1.44 bits per heavy atom. The van der Waals surface area contributed by atoms with Gasteiger partial charge in [0.05, 0.1) is 17.6 Å². The fourth-order valence-electron chi connectivity index (χ4n) is 1.37. The summed E-state index contributed by atoms with van der Waals surface area (Å²) in [5, 5.41) is 3.31. The summed E-state index contributed by atoms with van der Waals surface area (Å²) in [4.78, 5) is 6.36. The van der Waals surface area contributed by atoms with Crippen LogP contribution in [0.1, 0.15) is 20.3 Å². The van der Waals surface area contributed by atoms with Crippen molar-refractivity contribution in [1.29, 1.82) is 0 Å². The second kappa shape index (κ2) is 6.33. The van der Waals surface area contributed by atoms with Crippen LogP contribution in [0.5, 0.6) is 0 Å². The maximum absolute atomic E-state index is 5.64. The molecule has 16 heavy (non-hydrogen) atoms. The molecule has 0 aliphatic rings. The Kier molecular flexibility index (Phi) is 5.05. The van der Waals surface area contributed by atoms with Gasteiger partial charge in [-0.3, -0.25) is 4.98 Å². The van der Waals surface area contributed by atoms with Gasteiger partial charge < -0.3 is 16.0 Å². The van der Waals surface area contributed by atoms with E-state index in [0.717, 1.165) is 25.2 Å². The molecule has 4 nitrogen and oxygen atoms in total. The molecule has 0 amide bonds. The zero-order chi connectivity index (χ0) is 12.0. The summed E-state index contributed by atoms with van der Waals surface area (Å²) < 4.78 is 0. The van der Waals surface area contributed by atoms with Gasteiger partial charge in [-0.15, -0.1) is 0 Å². The van der Waals surface area contributed by atoms with Crippen LogP contribution in [-0.4, -0.2) is 36.1 Å². The minimum absolute atomic E-state index is 0.606. The number of aromatic nitrogens is 1. The third kappa shape index (κ3) is 4.49. The molecular weight excluding hydrogens is 200 g/mol. The van der Waals surface area contributed by atoms with E-state index in [9.17, 15) is 0 Å². The third-order valence-electron chi connectivity index (χ3n) is 2.66. The highest BCUT2D eigenvalue weighted by Crippen LogP contribution is 2.09. The van der Waals surface area contributed by atoms with E-state index in [1.165, 1.54) is 0 Å². The Labute approximate surface area is 97.9 Å². The van der Waals surface area contributed by atoms with E-state index in [-0.39, 0.29) is 0 Å². The summed E-state index contributed by atoms with van der Waals surface area (Å²) in [6.45, 7) is 6.45. The van der Waals surface area contributed by atoms with E-state index in [2.05, 4.69) is 36.1 Å². The first-order valence-electron chi connectivity index (χ1n) is 5.74. The number of rotatable bonds is 6. The summed E-state index contributed by atoms with van der Waals surface area (Å²) in [6, 6.07) is 2.51. The van der Waals surface area contributed by atoms with Crippen LogP contribution < -0.4 is 11.1 Å². The van der Waals surface area contributed by atoms with Crippen molar-refractivity contribution in [2.24, 2.45) is 0 Å². The lowest BCUT2D eigenvalue weighted by Crippen LogP contribution is -2.28. The molecule has 0 saturated carbocycles. The lowest BCUT2D eigenvalue weighted by Gasteiger charge is -2.20. The topological polar surface area (TPSA) is 54.2 Å². The Balaban J connectivity index is 2.21. The van der Waals surface area contributed by atoms with Gasteiger partial charge in [-0.2, -0.15) is 0 Å². The Morgan fingerprint density at radius 2 is 2.19 bits per heavy atom. The van der Waals surface area contributed by atoms with Gasteiger partial charge in [-0.25, -0.2) is 0 Å². The zero-order valence-corrected chi connectivity index (χ0v) is 10.4. The van der Waals surface area contributed by atoms with Gasteiger partial charge in [0.25, 0.3) is 0 Å². The normalized spacial score (nSPS) is 11.1. The molecule has 0 spiro atoms. The van der Waals surface area contributed by atoms with Gasteiger partial charge in [0.15, 0.2) is 0 Å². The third-order valence-corrected chi connectivity index (χ3v) is 2.66. The average Bonchev–Trinajstić information content (AvgIpc) is 2.24. The highest BCUT2D eigenvalue weighted by atomic mass is 15.1. The van der Waals surface area contributed by atoms with Gasteiger partial charge in [0.2, 0.25) is 0 Å². The molecule has 0 aliphatic carbocycles. The van der Waals surface area contributed by atoms with Crippen LogP contribution in [0.25, 0.3) is 0 Å². The molecule has 1 aromatic heterocycles. The van der Waals surface area contributed by atoms with Crippen molar-refractivity contribution in [2.75, 3.05) is 31.2 Å². The lowest BCUT2D eigenvalue weighted by molar-refractivity contribution is 0.273. The number of anilines is 2. The van der Waals surface area contributed by atoms with Crippen molar-refractivity contribution in [3.63, 3.8) is 0 Å². The van der Waals surface area contributed by atoms with Crippen LogP contribution >= 0.6 is 0 Å². The predicted molar refractivity (Wildman–Crippen MR) is 69.5 cm³/mol. The van der Waals surface area contributed by atoms with Gasteiger partial charge in [0.1, 0.15) is 0 Å². The van der Waals surface area contributed by atoms with E-state index >= 15 is 0 Å². The molecule has 0 unspecified atom stereocenters. The van der Waals surface area contributed by atoms with Gasteiger partial charge >= 0.3 is 0 Å². The second-order valence-corrected chi connectivity index (χ2v) is 4.36. The predicted octanol–water partition coefficient (Wildman–Crippen LogP) is 1.81. The van der Waals surface area contributed by atoms with E-state index in [1.807, 2.05) is 6.07 Å². The maximum Gasteiger partial charge on any atom is 0.0547 e. The highest BCUT2D eigenvalue weighted by molar-refractivity contribution is 5.51. The molecule has 0 bridgehead atoms. The van der Waals surface area contributed by atoms with Gasteiger partial charge in [0, 0.05) is 18.8 Å². The fourth-order valence-corrected chi connectivity index (χ4v) is 1.37. The Hall–Kier alpha value is -1.29. The molecule has 1 aromatic rings. The first-order chi connectivity index (χ1) is 7.59. The van der Waals surface area contributed by atoms with Crippen LogP contribution in [0.3, 0.4) is 0 Å². The van der Waals surface area contributed by atoms with Crippen molar-refractivity contribution in [3.8, 4) is 0 Å². The molecule has 0 fully saturated rings. The van der Waals surface area contributed by atoms with E-state index in [1.54, 1.807) is 12.4 Å². The lowest BCUT2D eigenvalue weighted by atomic mass is 10.3. The van der Waals surface area contributed by atoms with Crippen molar-refractivity contribution in [2.45, 2.75) is 26.3 Å². The minimum Gasteiger partial charge on any atom is -0.397 e. The minimum atomic E-state index is 0.606. The average molecular weight is 222 g/mol. The highest BCUT2D eigenvalue weighted by Gasteiger charge is 2.01. The summed E-state index contributed by atoms with van der Waals surface area (Å²) in [6.07, 6.45) is 4.56. The van der Waals surface area contributed by atoms with Crippen molar-refractivity contribution in [1.82, 2.24) is 9.88 Å². The van der Waals surface area contributed by atoms with E-state index in [4.69, 9.17) is 5.73 Å². The summed E-state index contributed by atoms with van der Waals surface area (Å²) in [5.41, 5.74) is 7.33. The largest absolute Gasteiger partial charge is 0.397 e. The van der Waals surface area contributed by atoms with Crippen LogP contribution in [0.4, 0.5) is 11.4 Å². The number of pyridine rings is 1. The first-order valence-corrected chi connectivity index (χ1v) is 5.74. The van der Waals surface area contributed by atoms with Gasteiger partial charge in [-0.05, 0) is 39.9 Å². The molecule has 0 atom stereocenters. The Morgan fingerprint density at radius 3 is 2.81 bits per heavy atom. The van der Waals surface area contributed by atoms with Crippen LogP contribution in [0.2, 0.25) is 0 Å². The zero-order valence-electron chi connectivity index (χ0n) is 10.4. The molecule has 0 aliphatic heterocycles. The second-order valence-electron chi connectivity index (χ2n) is 4.36. The molecule has 0 radical (unpaired) electrons. The number of nitrogens with two attached hydrogens (primary N) is 1. The van der Waals surface area contributed by atoms with Crippen molar-refractivity contribution >= 4 is 11.4 Å². The fraction of sp³-hybridized carbons (Fsp3) is 0.583. The van der Waals surface area contributed by atoms with Crippen LogP contribution in [-0.2, 0) is 0 Å². The number of nitrogen functional groups attached to an aromatic ring is 1. The number of nitrogens with zero attached hydrogens (tertiary/aromatic N) is 2. The van der Waals surface area contributed by atoms with Crippen molar-refractivity contribution in [3.05, 3.63) is 18.5 Å². The van der Waals surface area contributed by atoms with E-state index < -0.39 is 0 Å². The number of nitrogens with one attached hydrogen (secondary N) is 1. The maximum atomic E-state index is 5.64. The molecule has 4 heteroatoms. The summed E-state index contributed by atoms with van der Waals surface area (Å²) in [7, 11) is 2.15.